The highest BCUT2D eigenvalue weighted by Crippen LogP contribution is 2.32. The first kappa shape index (κ1) is 16.7. The lowest BCUT2D eigenvalue weighted by Gasteiger charge is -2.19. The molecule has 0 bridgehead atoms. The Labute approximate surface area is 133 Å². The SMILES string of the molecule is CCN(CC)C(=O)Oc1c(F)c(C(=O)OC)cc2ccccc12. The van der Waals surface area contributed by atoms with Crippen LogP contribution in [-0.4, -0.2) is 37.2 Å². The third-order valence-corrected chi connectivity index (χ3v) is 3.56. The van der Waals surface area contributed by atoms with Crippen LogP contribution in [0.2, 0.25) is 0 Å². The van der Waals surface area contributed by atoms with Crippen LogP contribution in [0.15, 0.2) is 30.3 Å². The Morgan fingerprint density at radius 1 is 1.17 bits per heavy atom. The number of fused-ring (bicyclic) bond motifs is 1. The third-order valence-electron chi connectivity index (χ3n) is 3.56. The van der Waals surface area contributed by atoms with Crippen molar-refractivity contribution in [3.8, 4) is 5.75 Å². The molecule has 0 saturated heterocycles. The Kier molecular flexibility index (Phi) is 5.16. The maximum Gasteiger partial charge on any atom is 0.415 e. The van der Waals surface area contributed by atoms with Crippen LogP contribution in [0.3, 0.4) is 0 Å². The van der Waals surface area contributed by atoms with Crippen LogP contribution in [0.25, 0.3) is 10.8 Å². The molecule has 0 heterocycles. The number of amides is 1. The Balaban J connectivity index is 2.58. The molecule has 122 valence electrons. The van der Waals surface area contributed by atoms with Gasteiger partial charge in [-0.1, -0.05) is 24.3 Å². The van der Waals surface area contributed by atoms with Crippen LogP contribution in [0, 0.1) is 5.82 Å². The minimum absolute atomic E-state index is 0.264. The first-order chi connectivity index (χ1) is 11.0. The van der Waals surface area contributed by atoms with Crippen molar-refractivity contribution in [1.29, 1.82) is 0 Å². The molecule has 2 aromatic rings. The minimum atomic E-state index is -0.906. The van der Waals surface area contributed by atoms with Gasteiger partial charge in [0.15, 0.2) is 11.6 Å². The molecule has 2 rings (SSSR count). The Hall–Kier alpha value is -2.63. The fraction of sp³-hybridized carbons (Fsp3) is 0.294. The average molecular weight is 319 g/mol. The van der Waals surface area contributed by atoms with Crippen LogP contribution in [0.1, 0.15) is 24.2 Å². The lowest BCUT2D eigenvalue weighted by molar-refractivity contribution is 0.0594. The van der Waals surface area contributed by atoms with Gasteiger partial charge in [0.05, 0.1) is 12.7 Å². The molecule has 0 radical (unpaired) electrons. The summed E-state index contributed by atoms with van der Waals surface area (Å²) < 4.78 is 24.5. The maximum atomic E-state index is 14.7. The zero-order valence-electron chi connectivity index (χ0n) is 13.3. The van der Waals surface area contributed by atoms with Crippen molar-refractivity contribution in [2.45, 2.75) is 13.8 Å². The lowest BCUT2D eigenvalue weighted by Crippen LogP contribution is -2.33. The molecular weight excluding hydrogens is 301 g/mol. The van der Waals surface area contributed by atoms with E-state index in [1.165, 1.54) is 18.1 Å². The molecule has 6 heteroatoms. The van der Waals surface area contributed by atoms with E-state index < -0.39 is 17.9 Å². The Bertz CT molecular complexity index is 741. The summed E-state index contributed by atoms with van der Waals surface area (Å²) in [7, 11) is 1.17. The van der Waals surface area contributed by atoms with Gasteiger partial charge in [-0.05, 0) is 25.3 Å². The normalized spacial score (nSPS) is 10.4. The predicted molar refractivity (Wildman–Crippen MR) is 84.2 cm³/mol. The molecule has 0 spiro atoms. The van der Waals surface area contributed by atoms with Gasteiger partial charge >= 0.3 is 12.1 Å². The quantitative estimate of drug-likeness (QED) is 0.808. The summed E-state index contributed by atoms with van der Waals surface area (Å²) in [6.07, 6.45) is -0.666. The van der Waals surface area contributed by atoms with Gasteiger partial charge in [-0.25, -0.2) is 14.0 Å². The molecular formula is C17H18FNO4. The molecule has 23 heavy (non-hydrogen) atoms. The number of nitrogens with zero attached hydrogens (tertiary/aromatic N) is 1. The highest BCUT2D eigenvalue weighted by Gasteiger charge is 2.23. The van der Waals surface area contributed by atoms with Gasteiger partial charge in [0.1, 0.15) is 0 Å². The van der Waals surface area contributed by atoms with Crippen LogP contribution in [-0.2, 0) is 4.74 Å². The summed E-state index contributed by atoms with van der Waals surface area (Å²) in [6.45, 7) is 4.46. The summed E-state index contributed by atoms with van der Waals surface area (Å²) in [5.41, 5.74) is -0.270. The second-order valence-electron chi connectivity index (χ2n) is 4.82. The highest BCUT2D eigenvalue weighted by molar-refractivity contribution is 5.99. The number of rotatable bonds is 4. The van der Waals surface area contributed by atoms with Crippen LogP contribution in [0.4, 0.5) is 9.18 Å². The lowest BCUT2D eigenvalue weighted by atomic mass is 10.0. The molecule has 5 nitrogen and oxygen atoms in total. The van der Waals surface area contributed by atoms with Crippen LogP contribution in [0.5, 0.6) is 5.75 Å². The van der Waals surface area contributed by atoms with Crippen molar-refractivity contribution in [2.75, 3.05) is 20.2 Å². The number of benzene rings is 2. The standard InChI is InChI=1S/C17H18FNO4/c1-4-19(5-2)17(21)23-15-12-9-7-6-8-11(12)10-13(14(15)18)16(20)22-3/h6-10H,4-5H2,1-3H3. The van der Waals surface area contributed by atoms with Gasteiger partial charge in [-0.15, -0.1) is 0 Å². The van der Waals surface area contributed by atoms with Gasteiger partial charge in [-0.2, -0.15) is 0 Å². The summed E-state index contributed by atoms with van der Waals surface area (Å²) in [5, 5.41) is 0.995. The molecule has 0 aromatic heterocycles. The zero-order valence-corrected chi connectivity index (χ0v) is 13.3. The molecule has 0 fully saturated rings. The van der Waals surface area contributed by atoms with Crippen molar-refractivity contribution < 1.29 is 23.5 Å². The second kappa shape index (κ2) is 7.09. The average Bonchev–Trinajstić information content (AvgIpc) is 2.57. The number of esters is 1. The Morgan fingerprint density at radius 2 is 1.83 bits per heavy atom. The molecule has 0 atom stereocenters. The van der Waals surface area contributed by atoms with E-state index in [2.05, 4.69) is 4.74 Å². The van der Waals surface area contributed by atoms with Gasteiger partial charge in [0.2, 0.25) is 0 Å². The van der Waals surface area contributed by atoms with Gasteiger partial charge in [-0.3, -0.25) is 0 Å². The number of hydrogen-bond donors (Lipinski definition) is 0. The van der Waals surface area contributed by atoms with E-state index >= 15 is 0 Å². The summed E-state index contributed by atoms with van der Waals surface area (Å²) in [6, 6.07) is 8.16. The predicted octanol–water partition coefficient (Wildman–Crippen LogP) is 3.61. The third kappa shape index (κ3) is 3.26. The van der Waals surface area contributed by atoms with E-state index in [4.69, 9.17) is 4.74 Å². The molecule has 0 aliphatic heterocycles. The van der Waals surface area contributed by atoms with Crippen molar-refractivity contribution in [1.82, 2.24) is 4.90 Å². The zero-order chi connectivity index (χ0) is 17.0. The number of methoxy groups -OCH3 is 1. The number of halogens is 1. The maximum absolute atomic E-state index is 14.7. The van der Waals surface area contributed by atoms with Crippen molar-refractivity contribution in [2.24, 2.45) is 0 Å². The Morgan fingerprint density at radius 3 is 2.43 bits per heavy atom. The van der Waals surface area contributed by atoms with E-state index in [9.17, 15) is 14.0 Å². The molecule has 0 saturated carbocycles. The van der Waals surface area contributed by atoms with E-state index in [1.54, 1.807) is 38.1 Å². The number of hydrogen-bond acceptors (Lipinski definition) is 4. The molecule has 0 N–H and O–H groups in total. The van der Waals surface area contributed by atoms with Crippen LogP contribution < -0.4 is 4.74 Å². The first-order valence-corrected chi connectivity index (χ1v) is 7.29. The number of carbonyl (C=O) groups excluding carboxylic acids is 2. The van der Waals surface area contributed by atoms with Gasteiger partial charge in [0.25, 0.3) is 0 Å². The second-order valence-corrected chi connectivity index (χ2v) is 4.82. The molecule has 0 aliphatic rings. The summed E-state index contributed by atoms with van der Waals surface area (Å²) in [5.74, 6) is -2.00. The largest absolute Gasteiger partial charge is 0.465 e. The fourth-order valence-electron chi connectivity index (χ4n) is 2.28. The van der Waals surface area contributed by atoms with E-state index in [0.717, 1.165) is 0 Å². The fourth-order valence-corrected chi connectivity index (χ4v) is 2.28. The molecule has 2 aromatic carbocycles. The number of carbonyl (C=O) groups is 2. The highest BCUT2D eigenvalue weighted by atomic mass is 19.1. The molecule has 0 unspecified atom stereocenters. The smallest absolute Gasteiger partial charge is 0.415 e. The van der Waals surface area contributed by atoms with Gasteiger partial charge in [0, 0.05) is 18.5 Å². The summed E-state index contributed by atoms with van der Waals surface area (Å²) in [4.78, 5) is 25.3. The molecule has 0 aliphatic carbocycles. The van der Waals surface area contributed by atoms with Crippen LogP contribution >= 0.6 is 0 Å². The van der Waals surface area contributed by atoms with E-state index in [1.807, 2.05) is 0 Å². The summed E-state index contributed by atoms with van der Waals surface area (Å²) >= 11 is 0. The topological polar surface area (TPSA) is 55.8 Å². The van der Waals surface area contributed by atoms with E-state index in [-0.39, 0.29) is 11.3 Å². The molecule has 1 amide bonds. The minimum Gasteiger partial charge on any atom is -0.465 e. The first-order valence-electron chi connectivity index (χ1n) is 7.29. The van der Waals surface area contributed by atoms with Crippen molar-refractivity contribution in [3.05, 3.63) is 41.7 Å². The van der Waals surface area contributed by atoms with Crippen molar-refractivity contribution >= 4 is 22.8 Å². The number of ether oxygens (including phenoxy) is 2. The van der Waals surface area contributed by atoms with Gasteiger partial charge < -0.3 is 14.4 Å². The van der Waals surface area contributed by atoms with E-state index in [0.29, 0.717) is 23.9 Å². The van der Waals surface area contributed by atoms with Crippen molar-refractivity contribution in [3.63, 3.8) is 0 Å². The monoisotopic (exact) mass is 319 g/mol.